The highest BCUT2D eigenvalue weighted by molar-refractivity contribution is 9.10. The van der Waals surface area contributed by atoms with Crippen LogP contribution in [0.1, 0.15) is 33.6 Å². The van der Waals surface area contributed by atoms with E-state index in [0.29, 0.717) is 0 Å². The Morgan fingerprint density at radius 2 is 1.87 bits per heavy atom. The van der Waals surface area contributed by atoms with E-state index >= 15 is 0 Å². The minimum Gasteiger partial charge on any atom is -0.357 e. The lowest BCUT2D eigenvalue weighted by molar-refractivity contribution is 0.622. The summed E-state index contributed by atoms with van der Waals surface area (Å²) >= 11 is 3.44. The highest BCUT2D eigenvalue weighted by atomic mass is 79.9. The molecule has 0 bridgehead atoms. The van der Waals surface area contributed by atoms with E-state index in [1.165, 1.54) is 18.7 Å². The van der Waals surface area contributed by atoms with Gasteiger partial charge in [-0.1, -0.05) is 13.8 Å². The molecule has 0 aliphatic carbocycles. The van der Waals surface area contributed by atoms with Crippen molar-refractivity contribution in [3.05, 3.63) is 10.7 Å². The molecule has 0 amide bonds. The van der Waals surface area contributed by atoms with Crippen LogP contribution in [0.25, 0.3) is 0 Å². The summed E-state index contributed by atoms with van der Waals surface area (Å²) in [4.78, 5) is 2.40. The Morgan fingerprint density at radius 3 is 2.33 bits per heavy atom. The molecule has 0 aromatic carbocycles. The van der Waals surface area contributed by atoms with Crippen LogP contribution < -0.4 is 4.90 Å². The molecule has 0 saturated heterocycles. The Kier molecular flexibility index (Phi) is 5.15. The first-order valence-electron chi connectivity index (χ1n) is 5.71. The van der Waals surface area contributed by atoms with Crippen molar-refractivity contribution < 1.29 is 0 Å². The monoisotopic (exact) mass is 273 g/mol. The molecule has 0 atom stereocenters. The fraction of sp³-hybridized carbons (Fsp3) is 0.727. The lowest BCUT2D eigenvalue weighted by atomic mass is 10.3. The Bertz CT molecular complexity index is 290. The van der Waals surface area contributed by atoms with E-state index in [1.54, 1.807) is 0 Å². The molecule has 1 rings (SSSR count). The van der Waals surface area contributed by atoms with Crippen LogP contribution in [0.2, 0.25) is 0 Å². The smallest absolute Gasteiger partial charge is 0.130 e. The normalized spacial score (nSPS) is 10.7. The number of aryl methyl sites for hydroxylation is 1. The summed E-state index contributed by atoms with van der Waals surface area (Å²) in [7, 11) is 0. The van der Waals surface area contributed by atoms with Crippen LogP contribution in [0.3, 0.4) is 0 Å². The third-order valence-corrected chi connectivity index (χ3v) is 2.73. The zero-order valence-electron chi connectivity index (χ0n) is 9.83. The van der Waals surface area contributed by atoms with Crippen molar-refractivity contribution in [3.8, 4) is 0 Å². The molecule has 1 aromatic rings. The molecule has 0 N–H and O–H groups in total. The van der Waals surface area contributed by atoms with Crippen LogP contribution in [0.4, 0.5) is 5.82 Å². The van der Waals surface area contributed by atoms with Crippen molar-refractivity contribution in [1.29, 1.82) is 0 Å². The van der Waals surface area contributed by atoms with Crippen LogP contribution in [0, 0.1) is 0 Å². The zero-order valence-corrected chi connectivity index (χ0v) is 11.4. The van der Waals surface area contributed by atoms with Crippen molar-refractivity contribution in [1.82, 2.24) is 9.78 Å². The molecule has 0 unspecified atom stereocenters. The summed E-state index contributed by atoms with van der Waals surface area (Å²) in [6.07, 6.45) is 2.35. The third kappa shape index (κ3) is 3.23. The second kappa shape index (κ2) is 6.16. The summed E-state index contributed by atoms with van der Waals surface area (Å²) in [5.41, 5.74) is 0. The third-order valence-electron chi connectivity index (χ3n) is 2.34. The number of rotatable bonds is 6. The van der Waals surface area contributed by atoms with Crippen molar-refractivity contribution in [3.63, 3.8) is 0 Å². The highest BCUT2D eigenvalue weighted by Crippen LogP contribution is 2.20. The van der Waals surface area contributed by atoms with Crippen molar-refractivity contribution in [2.75, 3.05) is 18.0 Å². The Hall–Kier alpha value is -0.510. The fourth-order valence-electron chi connectivity index (χ4n) is 1.74. The minimum atomic E-state index is 0.921. The quantitative estimate of drug-likeness (QED) is 0.793. The zero-order chi connectivity index (χ0) is 11.3. The molecule has 0 aliphatic rings. The van der Waals surface area contributed by atoms with Gasteiger partial charge < -0.3 is 4.90 Å². The van der Waals surface area contributed by atoms with Crippen LogP contribution >= 0.6 is 15.9 Å². The maximum absolute atomic E-state index is 4.41. The van der Waals surface area contributed by atoms with E-state index in [4.69, 9.17) is 0 Å². The van der Waals surface area contributed by atoms with E-state index in [2.05, 4.69) is 57.4 Å². The number of nitrogens with zero attached hydrogens (tertiary/aromatic N) is 3. The van der Waals surface area contributed by atoms with E-state index in [1.807, 2.05) is 0 Å². The number of aromatic nitrogens is 2. The van der Waals surface area contributed by atoms with Gasteiger partial charge in [0.25, 0.3) is 0 Å². The lowest BCUT2D eigenvalue weighted by Gasteiger charge is -2.23. The van der Waals surface area contributed by atoms with Crippen molar-refractivity contribution in [2.24, 2.45) is 0 Å². The second-order valence-electron chi connectivity index (χ2n) is 3.63. The van der Waals surface area contributed by atoms with Gasteiger partial charge in [-0.15, -0.1) is 0 Å². The number of hydrogen-bond donors (Lipinski definition) is 0. The topological polar surface area (TPSA) is 21.1 Å². The predicted molar refractivity (Wildman–Crippen MR) is 68.4 cm³/mol. The van der Waals surface area contributed by atoms with Gasteiger partial charge >= 0.3 is 0 Å². The van der Waals surface area contributed by atoms with Crippen LogP contribution in [0.15, 0.2) is 10.7 Å². The highest BCUT2D eigenvalue weighted by Gasteiger charge is 2.11. The predicted octanol–water partition coefficient (Wildman–Crippen LogP) is 3.29. The Morgan fingerprint density at radius 1 is 1.27 bits per heavy atom. The summed E-state index contributed by atoms with van der Waals surface area (Å²) < 4.78 is 2.98. The first-order chi connectivity index (χ1) is 7.22. The van der Waals surface area contributed by atoms with E-state index in [9.17, 15) is 0 Å². The van der Waals surface area contributed by atoms with Gasteiger partial charge in [0, 0.05) is 25.7 Å². The molecule has 0 fully saturated rings. The summed E-state index contributed by atoms with van der Waals surface area (Å²) in [6, 6.07) is 2.11. The molecule has 86 valence electrons. The molecule has 1 heterocycles. The van der Waals surface area contributed by atoms with Gasteiger partial charge in [-0.05, 0) is 35.7 Å². The maximum Gasteiger partial charge on any atom is 0.130 e. The van der Waals surface area contributed by atoms with Gasteiger partial charge in [0.1, 0.15) is 10.4 Å². The molecule has 3 nitrogen and oxygen atoms in total. The first kappa shape index (κ1) is 12.6. The van der Waals surface area contributed by atoms with E-state index < -0.39 is 0 Å². The van der Waals surface area contributed by atoms with Crippen molar-refractivity contribution in [2.45, 2.75) is 40.2 Å². The van der Waals surface area contributed by atoms with E-state index in [-0.39, 0.29) is 0 Å². The number of halogens is 1. The van der Waals surface area contributed by atoms with Gasteiger partial charge in [-0.25, -0.2) is 4.68 Å². The maximum atomic E-state index is 4.41. The van der Waals surface area contributed by atoms with Crippen molar-refractivity contribution >= 4 is 21.7 Å². The second-order valence-corrected chi connectivity index (χ2v) is 4.44. The SMILES string of the molecule is CCCN(CCC)c1cc(Br)nn1CC. The fourth-order valence-corrected chi connectivity index (χ4v) is 2.14. The number of anilines is 1. The summed E-state index contributed by atoms with van der Waals surface area (Å²) in [5.74, 6) is 1.23. The Labute approximate surface area is 101 Å². The Balaban J connectivity index is 2.87. The summed E-state index contributed by atoms with van der Waals surface area (Å²) in [6.45, 7) is 9.68. The standard InChI is InChI=1S/C11H20BrN3/c1-4-7-14(8-5-2)11-9-10(12)13-15(11)6-3/h9H,4-8H2,1-3H3. The average Bonchev–Trinajstić information content (AvgIpc) is 2.59. The van der Waals surface area contributed by atoms with Crippen LogP contribution in [-0.4, -0.2) is 22.9 Å². The van der Waals surface area contributed by atoms with Crippen LogP contribution in [-0.2, 0) is 6.54 Å². The van der Waals surface area contributed by atoms with Gasteiger partial charge in [-0.3, -0.25) is 0 Å². The molecular formula is C11H20BrN3. The molecule has 0 aliphatic heterocycles. The molecule has 0 saturated carbocycles. The molecule has 15 heavy (non-hydrogen) atoms. The lowest BCUT2D eigenvalue weighted by Crippen LogP contribution is -2.27. The molecule has 0 spiro atoms. The minimum absolute atomic E-state index is 0.921. The molecule has 4 heteroatoms. The summed E-state index contributed by atoms with van der Waals surface area (Å²) in [5, 5.41) is 4.41. The van der Waals surface area contributed by atoms with Crippen LogP contribution in [0.5, 0.6) is 0 Å². The van der Waals surface area contributed by atoms with E-state index in [0.717, 1.165) is 24.2 Å². The van der Waals surface area contributed by atoms with Gasteiger partial charge in [-0.2, -0.15) is 5.10 Å². The van der Waals surface area contributed by atoms with Gasteiger partial charge in [0.15, 0.2) is 0 Å². The molecule has 0 radical (unpaired) electrons. The largest absolute Gasteiger partial charge is 0.357 e. The molecule has 1 aromatic heterocycles. The van der Waals surface area contributed by atoms with Gasteiger partial charge in [0.2, 0.25) is 0 Å². The first-order valence-corrected chi connectivity index (χ1v) is 6.50. The van der Waals surface area contributed by atoms with Gasteiger partial charge in [0.05, 0.1) is 0 Å². The number of hydrogen-bond acceptors (Lipinski definition) is 2. The average molecular weight is 274 g/mol. The molecular weight excluding hydrogens is 254 g/mol.